The number of carbonyl (C=O) groups is 3. The fraction of sp³-hybridized carbons (Fsp3) is 0.417. The van der Waals surface area contributed by atoms with Crippen LogP contribution in [0.25, 0.3) is 0 Å². The first kappa shape index (κ1) is 16.2. The van der Waals surface area contributed by atoms with Crippen LogP contribution in [-0.4, -0.2) is 49.4 Å². The molecule has 1 heterocycles. The van der Waals surface area contributed by atoms with Gasteiger partial charge in [0.2, 0.25) is 5.91 Å². The Morgan fingerprint density at radius 1 is 1.40 bits per heavy atom. The fourth-order valence-corrected chi connectivity index (χ4v) is 1.61. The van der Waals surface area contributed by atoms with E-state index in [-0.39, 0.29) is 25.5 Å². The number of halogens is 1. The molecular formula is C12H15BrN2O5. The van der Waals surface area contributed by atoms with Crippen LogP contribution in [-0.2, 0) is 14.3 Å². The molecule has 1 rings (SSSR count). The summed E-state index contributed by atoms with van der Waals surface area (Å²) >= 11 is 3.07. The first-order valence-electron chi connectivity index (χ1n) is 5.87. The van der Waals surface area contributed by atoms with E-state index in [2.05, 4.69) is 21.2 Å². The van der Waals surface area contributed by atoms with Gasteiger partial charge in [-0.3, -0.25) is 14.4 Å². The fourth-order valence-electron chi connectivity index (χ4n) is 1.30. The van der Waals surface area contributed by atoms with Crippen LogP contribution in [0.5, 0.6) is 0 Å². The van der Waals surface area contributed by atoms with E-state index in [1.165, 1.54) is 18.0 Å². The Morgan fingerprint density at radius 2 is 2.10 bits per heavy atom. The van der Waals surface area contributed by atoms with E-state index in [0.29, 0.717) is 4.67 Å². The highest BCUT2D eigenvalue weighted by molar-refractivity contribution is 9.10. The number of nitrogens with zero attached hydrogens (tertiary/aromatic N) is 1. The van der Waals surface area contributed by atoms with Gasteiger partial charge in [-0.05, 0) is 35.0 Å². The summed E-state index contributed by atoms with van der Waals surface area (Å²) in [6.45, 7) is 1.55. The predicted octanol–water partition coefficient (Wildman–Crippen LogP) is 0.793. The Labute approximate surface area is 124 Å². The molecule has 2 amide bonds. The smallest absolute Gasteiger partial charge is 0.325 e. The predicted molar refractivity (Wildman–Crippen MR) is 73.0 cm³/mol. The van der Waals surface area contributed by atoms with Gasteiger partial charge < -0.3 is 19.4 Å². The first-order valence-corrected chi connectivity index (χ1v) is 6.66. The van der Waals surface area contributed by atoms with Gasteiger partial charge in [-0.15, -0.1) is 0 Å². The van der Waals surface area contributed by atoms with Crippen molar-refractivity contribution in [1.82, 2.24) is 10.2 Å². The summed E-state index contributed by atoms with van der Waals surface area (Å²) in [4.78, 5) is 35.7. The highest BCUT2D eigenvalue weighted by Crippen LogP contribution is 2.13. The number of hydrogen-bond donors (Lipinski definition) is 1. The minimum absolute atomic E-state index is 0.0951. The molecule has 20 heavy (non-hydrogen) atoms. The zero-order chi connectivity index (χ0) is 15.1. The lowest BCUT2D eigenvalue weighted by Crippen LogP contribution is -2.40. The molecule has 0 saturated carbocycles. The van der Waals surface area contributed by atoms with E-state index in [1.807, 2.05) is 0 Å². The zero-order valence-electron chi connectivity index (χ0n) is 11.1. The van der Waals surface area contributed by atoms with Gasteiger partial charge in [-0.25, -0.2) is 0 Å². The van der Waals surface area contributed by atoms with Crippen LogP contribution in [0.1, 0.15) is 17.5 Å². The maximum Gasteiger partial charge on any atom is 0.325 e. The minimum atomic E-state index is -0.506. The van der Waals surface area contributed by atoms with Crippen molar-refractivity contribution >= 4 is 33.7 Å². The van der Waals surface area contributed by atoms with E-state index >= 15 is 0 Å². The van der Waals surface area contributed by atoms with Gasteiger partial charge in [0, 0.05) is 7.05 Å². The third-order valence-corrected chi connectivity index (χ3v) is 2.72. The van der Waals surface area contributed by atoms with Crippen LogP contribution in [0, 0.1) is 0 Å². The number of furan rings is 1. The van der Waals surface area contributed by atoms with Crippen LogP contribution >= 0.6 is 15.9 Å². The van der Waals surface area contributed by atoms with Crippen molar-refractivity contribution in [1.29, 1.82) is 0 Å². The topological polar surface area (TPSA) is 88.9 Å². The van der Waals surface area contributed by atoms with Crippen molar-refractivity contribution < 1.29 is 23.5 Å². The molecule has 110 valence electrons. The maximum absolute atomic E-state index is 11.7. The van der Waals surface area contributed by atoms with Crippen molar-refractivity contribution in [2.45, 2.75) is 6.92 Å². The molecule has 1 aromatic heterocycles. The third kappa shape index (κ3) is 5.04. The summed E-state index contributed by atoms with van der Waals surface area (Å²) in [6.07, 6.45) is 0. The van der Waals surface area contributed by atoms with Crippen LogP contribution in [0.3, 0.4) is 0 Å². The average molecular weight is 347 g/mol. The number of carbonyl (C=O) groups excluding carboxylic acids is 3. The Hall–Kier alpha value is -1.83. The lowest BCUT2D eigenvalue weighted by atomic mass is 10.4. The second-order valence-corrected chi connectivity index (χ2v) is 4.62. The van der Waals surface area contributed by atoms with Gasteiger partial charge in [-0.1, -0.05) is 0 Å². The Bertz CT molecular complexity index is 500. The van der Waals surface area contributed by atoms with E-state index in [0.717, 1.165) is 0 Å². The number of amides is 2. The Morgan fingerprint density at radius 3 is 2.65 bits per heavy atom. The van der Waals surface area contributed by atoms with E-state index < -0.39 is 17.8 Å². The van der Waals surface area contributed by atoms with Gasteiger partial charge in [0.1, 0.15) is 6.54 Å². The summed E-state index contributed by atoms with van der Waals surface area (Å²) in [5.41, 5.74) is 0. The van der Waals surface area contributed by atoms with Gasteiger partial charge >= 0.3 is 5.97 Å². The highest BCUT2D eigenvalue weighted by Gasteiger charge is 2.16. The number of nitrogens with one attached hydrogen (secondary N) is 1. The molecule has 0 aliphatic carbocycles. The molecule has 0 fully saturated rings. The van der Waals surface area contributed by atoms with Crippen molar-refractivity contribution in [2.24, 2.45) is 0 Å². The first-order chi connectivity index (χ1) is 9.43. The van der Waals surface area contributed by atoms with Crippen molar-refractivity contribution in [3.63, 3.8) is 0 Å². The molecule has 0 spiro atoms. The molecule has 8 heteroatoms. The molecule has 0 aliphatic rings. The summed E-state index contributed by atoms with van der Waals surface area (Å²) in [6, 6.07) is 3.05. The van der Waals surface area contributed by atoms with Crippen LogP contribution in [0.2, 0.25) is 0 Å². The highest BCUT2D eigenvalue weighted by atomic mass is 79.9. The molecule has 0 unspecified atom stereocenters. The van der Waals surface area contributed by atoms with Crippen LogP contribution in [0.15, 0.2) is 21.2 Å². The molecule has 0 bridgehead atoms. The summed E-state index contributed by atoms with van der Waals surface area (Å²) in [5.74, 6) is -1.31. The second kappa shape index (κ2) is 7.68. The Balaban J connectivity index is 2.39. The minimum Gasteiger partial charge on any atom is -0.465 e. The van der Waals surface area contributed by atoms with Crippen LogP contribution < -0.4 is 5.32 Å². The maximum atomic E-state index is 11.7. The van der Waals surface area contributed by atoms with Crippen LogP contribution in [0.4, 0.5) is 0 Å². The van der Waals surface area contributed by atoms with Crippen molar-refractivity contribution in [3.05, 3.63) is 22.6 Å². The molecule has 0 aliphatic heterocycles. The normalized spacial score (nSPS) is 9.95. The molecule has 1 N–H and O–H groups in total. The van der Waals surface area contributed by atoms with Crippen molar-refractivity contribution in [3.8, 4) is 0 Å². The average Bonchev–Trinajstić information content (AvgIpc) is 2.82. The summed E-state index contributed by atoms with van der Waals surface area (Å²) in [5, 5.41) is 2.40. The second-order valence-electron chi connectivity index (χ2n) is 3.84. The van der Waals surface area contributed by atoms with Gasteiger partial charge in [0.15, 0.2) is 10.4 Å². The lowest BCUT2D eigenvalue weighted by molar-refractivity contribution is -0.147. The molecule has 7 nitrogen and oxygen atoms in total. The van der Waals surface area contributed by atoms with Gasteiger partial charge in [0.05, 0.1) is 13.2 Å². The largest absolute Gasteiger partial charge is 0.465 e. The molecule has 1 aromatic rings. The summed E-state index contributed by atoms with van der Waals surface area (Å²) in [7, 11) is 1.45. The standard InChI is InChI=1S/C12H15BrN2O5/c1-3-19-11(17)7-15(2)10(16)6-14-12(18)8-4-5-9(13)20-8/h4-5H,3,6-7H2,1-2H3,(H,14,18). The SMILES string of the molecule is CCOC(=O)CN(C)C(=O)CNC(=O)c1ccc(Br)o1. The Kier molecular flexibility index (Phi) is 6.23. The number of ether oxygens (including phenoxy) is 1. The molecule has 0 atom stereocenters. The number of likely N-dealkylation sites (N-methyl/N-ethyl adjacent to an activating group) is 1. The van der Waals surface area contributed by atoms with E-state index in [4.69, 9.17) is 9.15 Å². The number of hydrogen-bond acceptors (Lipinski definition) is 5. The van der Waals surface area contributed by atoms with Gasteiger partial charge in [0.25, 0.3) is 5.91 Å². The quantitative estimate of drug-likeness (QED) is 0.769. The molecular weight excluding hydrogens is 332 g/mol. The summed E-state index contributed by atoms with van der Waals surface area (Å²) < 4.78 is 10.2. The van der Waals surface area contributed by atoms with E-state index in [1.54, 1.807) is 13.0 Å². The number of esters is 1. The third-order valence-electron chi connectivity index (χ3n) is 2.29. The number of rotatable bonds is 6. The van der Waals surface area contributed by atoms with Crippen molar-refractivity contribution in [2.75, 3.05) is 26.7 Å². The molecule has 0 aromatic carbocycles. The lowest BCUT2D eigenvalue weighted by Gasteiger charge is -2.16. The van der Waals surface area contributed by atoms with Gasteiger partial charge in [-0.2, -0.15) is 0 Å². The monoisotopic (exact) mass is 346 g/mol. The zero-order valence-corrected chi connectivity index (χ0v) is 12.7. The van der Waals surface area contributed by atoms with E-state index in [9.17, 15) is 14.4 Å². The molecule has 0 saturated heterocycles. The molecule has 0 radical (unpaired) electrons.